The first-order valence-electron chi connectivity index (χ1n) is 28.4. The second-order valence-corrected chi connectivity index (χ2v) is 27.0. The number of ketones is 1. The molecule has 25 nitrogen and oxygen atoms in total. The molecule has 1 aromatic rings. The maximum Gasteiger partial charge on any atom is 0.287 e. The van der Waals surface area contributed by atoms with E-state index in [0.717, 1.165) is 23.6 Å². The second kappa shape index (κ2) is 35.8. The summed E-state index contributed by atoms with van der Waals surface area (Å²) in [5.41, 5.74) is 1.03. The van der Waals surface area contributed by atoms with Gasteiger partial charge in [-0.1, -0.05) is 114 Å². The molecular formula is C56H87N14O11S6+. The summed E-state index contributed by atoms with van der Waals surface area (Å²) in [7, 11) is 2.38. The Balaban J connectivity index is 1.79. The molecule has 14 N–H and O–H groups in total. The lowest BCUT2D eigenvalue weighted by Gasteiger charge is -2.30. The minimum absolute atomic E-state index is 0.0198. The highest BCUT2D eigenvalue weighted by atomic mass is 32.2. The van der Waals surface area contributed by atoms with E-state index in [1.54, 1.807) is 90.0 Å². The number of hydrogen-bond donors (Lipinski definition) is 14. The SMILES string of the molecule is CC(=O)C(=O)N[C@@H](C(=S)N[C@H](CC[S@@](C)=O)C(=S)N[C@H](C)C(=O)N[C@@H](C)C(=S)N[C@@H](C)C(=S)N[C@H](C)C(=O)N[C@H]1C(=O)N[C@H](C(C)C)C(=O)N[C@@H](C)C(=O)N[C@@H](Cc2ccccc2)C(=O)N[C@H]([C@H](O)C2=C[NH+](C)CN2C)C(=O)N/C=C\S[C@@H]1C)C(C)C. The third-order valence-electron chi connectivity index (χ3n) is 14.0. The highest BCUT2D eigenvalue weighted by Gasteiger charge is 2.40. The number of thioether (sulfide) groups is 1. The molecule has 0 saturated carbocycles. The van der Waals surface area contributed by atoms with Crippen molar-refractivity contribution in [1.29, 1.82) is 0 Å². The fourth-order valence-corrected chi connectivity index (χ4v) is 11.3. The van der Waals surface area contributed by atoms with Crippen LogP contribution >= 0.6 is 60.6 Å². The molecule has 31 heteroatoms. The minimum Gasteiger partial charge on any atom is -0.384 e. The van der Waals surface area contributed by atoms with Gasteiger partial charge in [0.15, 0.2) is 6.67 Å². The highest BCUT2D eigenvalue weighted by Crippen LogP contribution is 2.19. The average Bonchev–Trinajstić information content (AvgIpc) is 3.96. The molecule has 0 spiro atoms. The van der Waals surface area contributed by atoms with Crippen LogP contribution in [0.4, 0.5) is 0 Å². The molecule has 2 aliphatic rings. The summed E-state index contributed by atoms with van der Waals surface area (Å²) in [4.78, 5) is 125. The Kier molecular flexibility index (Phi) is 30.9. The quantitative estimate of drug-likeness (QED) is 0.0411. The van der Waals surface area contributed by atoms with Crippen molar-refractivity contribution in [2.24, 2.45) is 11.8 Å². The molecule has 0 bridgehead atoms. The van der Waals surface area contributed by atoms with Gasteiger partial charge in [0.25, 0.3) is 5.91 Å². The van der Waals surface area contributed by atoms with E-state index in [1.807, 2.05) is 20.9 Å². The largest absolute Gasteiger partial charge is 0.384 e. The van der Waals surface area contributed by atoms with Crippen LogP contribution in [0.2, 0.25) is 0 Å². The summed E-state index contributed by atoms with van der Waals surface area (Å²) < 4.78 is 12.1. The third-order valence-corrected chi connectivity index (χ3v) is 17.5. The number of Topliss-reactive ketones (excluding diaryl/α,β-unsaturated/α-hetero) is 1. The highest BCUT2D eigenvalue weighted by molar-refractivity contribution is 8.02. The number of likely N-dealkylation sites (N-methyl/N-ethyl adjacent to an activating group) is 1. The fourth-order valence-electron chi connectivity index (χ4n) is 8.71. The monoisotopic (exact) mass is 1320 g/mol. The molecule has 15 atom stereocenters. The van der Waals surface area contributed by atoms with Gasteiger partial charge in [0.05, 0.1) is 51.2 Å². The molecule has 87 heavy (non-hydrogen) atoms. The summed E-state index contributed by atoms with van der Waals surface area (Å²) in [5.74, 6) is -7.00. The van der Waals surface area contributed by atoms with Crippen molar-refractivity contribution in [3.8, 4) is 0 Å². The topological polar surface area (TPSA) is 343 Å². The lowest BCUT2D eigenvalue weighted by atomic mass is 10.0. The van der Waals surface area contributed by atoms with Crippen molar-refractivity contribution in [2.75, 3.05) is 32.8 Å². The Morgan fingerprint density at radius 1 is 0.724 bits per heavy atom. The Morgan fingerprint density at radius 3 is 1.86 bits per heavy atom. The number of aliphatic hydroxyl groups is 1. The number of amides is 8. The van der Waals surface area contributed by atoms with Crippen molar-refractivity contribution in [3.05, 3.63) is 59.4 Å². The molecule has 3 rings (SSSR count). The molecule has 0 aromatic heterocycles. The van der Waals surface area contributed by atoms with Crippen LogP contribution in [-0.2, 0) is 60.4 Å². The number of quaternary nitrogens is 1. The van der Waals surface area contributed by atoms with Crippen molar-refractivity contribution >= 4 is 144 Å². The first-order valence-corrected chi connectivity index (χ1v) is 32.7. The summed E-state index contributed by atoms with van der Waals surface area (Å²) >= 11 is 23.7. The fraction of sp³-hybridized carbons (Fsp3) is 0.589. The first kappa shape index (κ1) is 75.2. The minimum atomic E-state index is -1.58. The molecule has 0 radical (unpaired) electrons. The number of carbonyl (C=O) groups is 9. The number of nitrogens with one attached hydrogen (secondary N) is 13. The van der Waals surface area contributed by atoms with Gasteiger partial charge in [-0.2, -0.15) is 0 Å². The van der Waals surface area contributed by atoms with Crippen LogP contribution in [0.5, 0.6) is 0 Å². The van der Waals surface area contributed by atoms with E-state index in [2.05, 4.69) is 63.8 Å². The van der Waals surface area contributed by atoms with Crippen LogP contribution in [0.3, 0.4) is 0 Å². The molecular weight excluding hydrogens is 1240 g/mol. The summed E-state index contributed by atoms with van der Waals surface area (Å²) in [6.45, 7) is 18.1. The van der Waals surface area contributed by atoms with Gasteiger partial charge in [-0.25, -0.2) is 0 Å². The van der Waals surface area contributed by atoms with E-state index in [4.69, 9.17) is 48.9 Å². The van der Waals surface area contributed by atoms with Gasteiger partial charge in [0, 0.05) is 54.7 Å². The van der Waals surface area contributed by atoms with Crippen LogP contribution in [0.25, 0.3) is 0 Å². The van der Waals surface area contributed by atoms with Crippen LogP contribution in [-0.4, -0.2) is 198 Å². The Labute approximate surface area is 538 Å². The Morgan fingerprint density at radius 2 is 1.30 bits per heavy atom. The van der Waals surface area contributed by atoms with E-state index < -0.39 is 148 Å². The van der Waals surface area contributed by atoms with Crippen molar-refractivity contribution < 1.29 is 57.4 Å². The number of nitrogens with zero attached hydrogens (tertiary/aromatic N) is 1. The van der Waals surface area contributed by atoms with Crippen LogP contribution in [0.1, 0.15) is 88.1 Å². The van der Waals surface area contributed by atoms with E-state index in [0.29, 0.717) is 17.9 Å². The van der Waals surface area contributed by atoms with Gasteiger partial charge in [-0.05, 0) is 63.8 Å². The maximum absolute atomic E-state index is 14.4. The Bertz CT molecular complexity index is 2790. The van der Waals surface area contributed by atoms with Gasteiger partial charge >= 0.3 is 0 Å². The standard InChI is InChI=1S/C56H86N14O11S6/c1-27(2)40-51(79)58-29(5)46(74)63-38(24-36-18-16-15-17-19-36)49(77)68-43(44(72)39-25-69(12)26-70(39)13)50(78)57-21-22-86-35(11)42(52(80)65-40)67-47(75)31(7)60-54(83)33(9)62-53(82)32(8)59-45(73)30(6)61-55(84)37(20-23-87(14)81)64-56(85)41(28(3)4)66-48(76)34(10)71/h15-19,21-22,25,27-33,35,37-38,40-44,72H,20,23-24,26H2,1-14H3,(H,57,78)(H,58,79)(H,59,73)(H,60,83)(H,61,84)(H,62,82)(H,63,74)(H,64,85)(H,65,80)(H,66,76)(H,67,75)(H,68,77)/p+1/b22-21-/t29-,30+,31+,32-,33-,35+,37+,38-,40+,41+,42+,43+,44+,87+/m0/s1. The van der Waals surface area contributed by atoms with Crippen LogP contribution < -0.4 is 68.7 Å². The number of carbonyl (C=O) groups excluding carboxylic acids is 9. The molecule has 482 valence electrons. The smallest absolute Gasteiger partial charge is 0.287 e. The van der Waals surface area contributed by atoms with E-state index in [1.165, 1.54) is 31.7 Å². The summed E-state index contributed by atoms with van der Waals surface area (Å²) in [6, 6.07) is -2.68. The van der Waals surface area contributed by atoms with Gasteiger partial charge in [-0.15, -0.1) is 11.8 Å². The molecule has 8 amide bonds. The van der Waals surface area contributed by atoms with Gasteiger partial charge in [-0.3, -0.25) is 52.3 Å². The van der Waals surface area contributed by atoms with Crippen molar-refractivity contribution in [1.82, 2.24) is 68.7 Å². The zero-order valence-electron chi connectivity index (χ0n) is 51.5. The Hall–Kier alpha value is -6.09. The predicted octanol–water partition coefficient (Wildman–Crippen LogP) is -2.12. The lowest BCUT2D eigenvalue weighted by Crippen LogP contribution is -3.03. The average molecular weight is 1320 g/mol. The summed E-state index contributed by atoms with van der Waals surface area (Å²) in [6.07, 6.45) is 3.21. The number of rotatable bonds is 23. The number of aliphatic hydroxyl groups excluding tert-OH is 1. The number of thiocarbonyl (C=S) groups is 4. The molecule has 0 aliphatic carbocycles. The molecule has 0 saturated heterocycles. The summed E-state index contributed by atoms with van der Waals surface area (Å²) in [5, 5.41) is 46.2. The normalized spacial score (nSPS) is 23.8. The zero-order chi connectivity index (χ0) is 65.7. The second-order valence-electron chi connectivity index (χ2n) is 22.4. The van der Waals surface area contributed by atoms with Crippen molar-refractivity contribution in [2.45, 2.75) is 167 Å². The number of hydrogen-bond acceptors (Lipinski definition) is 17. The molecule has 2 aliphatic heterocycles. The van der Waals surface area contributed by atoms with E-state index in [9.17, 15) is 52.5 Å². The van der Waals surface area contributed by atoms with Gasteiger partial charge in [0.2, 0.25) is 47.1 Å². The van der Waals surface area contributed by atoms with Crippen LogP contribution in [0, 0.1) is 11.8 Å². The number of benzene rings is 1. The van der Waals surface area contributed by atoms with Crippen molar-refractivity contribution in [3.63, 3.8) is 0 Å². The zero-order valence-corrected chi connectivity index (χ0v) is 56.4. The molecule has 1 aromatic carbocycles. The third kappa shape index (κ3) is 24.1. The van der Waals surface area contributed by atoms with Crippen LogP contribution in [0.15, 0.2) is 53.8 Å². The van der Waals surface area contributed by atoms with Gasteiger partial charge < -0.3 is 73.8 Å². The first-order chi connectivity index (χ1) is 40.6. The molecule has 0 fully saturated rings. The van der Waals surface area contributed by atoms with E-state index in [-0.39, 0.29) is 44.5 Å². The predicted molar refractivity (Wildman–Crippen MR) is 352 cm³/mol. The maximum atomic E-state index is 14.4. The molecule has 2 heterocycles. The van der Waals surface area contributed by atoms with Gasteiger partial charge in [0.1, 0.15) is 60.3 Å². The van der Waals surface area contributed by atoms with E-state index >= 15 is 0 Å². The molecule has 1 unspecified atom stereocenters. The lowest BCUT2D eigenvalue weighted by molar-refractivity contribution is -0.826.